The van der Waals surface area contributed by atoms with E-state index >= 15 is 4.39 Å². The minimum absolute atomic E-state index is 0.0594. The van der Waals surface area contributed by atoms with E-state index in [0.717, 1.165) is 25.7 Å². The molecule has 2 N–H and O–H groups in total. The summed E-state index contributed by atoms with van der Waals surface area (Å²) in [5.74, 6) is 1.05. The van der Waals surface area contributed by atoms with Crippen molar-refractivity contribution in [2.24, 2.45) is 28.6 Å². The molecule has 0 saturated heterocycles. The number of aromatic nitrogens is 1. The summed E-state index contributed by atoms with van der Waals surface area (Å²) in [5.41, 5.74) is 0.820. The van der Waals surface area contributed by atoms with Crippen LogP contribution < -0.4 is 0 Å². The molecule has 2 unspecified atom stereocenters. The van der Waals surface area contributed by atoms with Gasteiger partial charge >= 0.3 is 0 Å². The Kier molecular flexibility index (Phi) is 4.10. The predicted molar refractivity (Wildman–Crippen MR) is 107 cm³/mol. The van der Waals surface area contributed by atoms with Gasteiger partial charge in [0.15, 0.2) is 0 Å². The summed E-state index contributed by atoms with van der Waals surface area (Å²) in [7, 11) is 0. The predicted octanol–water partition coefficient (Wildman–Crippen LogP) is 4.54. The molecule has 4 aliphatic carbocycles. The first-order valence-electron chi connectivity index (χ1n) is 11.0. The van der Waals surface area contributed by atoms with Crippen LogP contribution >= 0.6 is 0 Å². The van der Waals surface area contributed by atoms with Gasteiger partial charge in [0.25, 0.3) is 0 Å². The monoisotopic (exact) mass is 385 g/mol. The quantitative estimate of drug-likeness (QED) is 0.746. The van der Waals surface area contributed by atoms with Crippen molar-refractivity contribution in [3.63, 3.8) is 0 Å². The molecule has 0 radical (unpaired) electrons. The van der Waals surface area contributed by atoms with Gasteiger partial charge in [0.2, 0.25) is 0 Å². The molecule has 4 heteroatoms. The molecule has 28 heavy (non-hydrogen) atoms. The van der Waals surface area contributed by atoms with Crippen LogP contribution in [-0.2, 0) is 0 Å². The van der Waals surface area contributed by atoms with Crippen LogP contribution in [-0.4, -0.2) is 33.1 Å². The smallest absolute Gasteiger partial charge is 0.130 e. The number of hydrogen-bond donors (Lipinski definition) is 2. The summed E-state index contributed by atoms with van der Waals surface area (Å²) < 4.78 is 15.5. The molecule has 3 nitrogen and oxygen atoms in total. The van der Waals surface area contributed by atoms with Gasteiger partial charge < -0.3 is 10.2 Å². The number of aliphatic hydroxyl groups excluding tert-OH is 1. The first-order chi connectivity index (χ1) is 13.3. The Morgan fingerprint density at radius 1 is 1.18 bits per heavy atom. The Labute approximate surface area is 167 Å². The maximum atomic E-state index is 15.5. The lowest BCUT2D eigenvalue weighted by Crippen LogP contribution is -2.67. The molecule has 152 valence electrons. The van der Waals surface area contributed by atoms with Crippen LogP contribution in [0.3, 0.4) is 0 Å². The lowest BCUT2D eigenvalue weighted by Gasteiger charge is -2.64. The molecule has 3 saturated carbocycles. The number of fused-ring (bicyclic) bond motifs is 5. The third kappa shape index (κ3) is 2.31. The van der Waals surface area contributed by atoms with Crippen LogP contribution in [0.25, 0.3) is 5.57 Å². The van der Waals surface area contributed by atoms with Gasteiger partial charge in [0.1, 0.15) is 11.8 Å². The Morgan fingerprint density at radius 2 is 2.00 bits per heavy atom. The minimum atomic E-state index is -1.38. The molecule has 0 amide bonds. The molecule has 1 aromatic heterocycles. The van der Waals surface area contributed by atoms with E-state index in [1.54, 1.807) is 0 Å². The maximum absolute atomic E-state index is 15.5. The van der Waals surface area contributed by atoms with E-state index in [1.165, 1.54) is 11.1 Å². The molecule has 0 spiro atoms. The number of aliphatic hydroxyl groups is 2. The second kappa shape index (κ2) is 6.12. The van der Waals surface area contributed by atoms with Gasteiger partial charge in [-0.15, -0.1) is 0 Å². The molecule has 5 rings (SSSR count). The van der Waals surface area contributed by atoms with Gasteiger partial charge in [0.05, 0.1) is 6.10 Å². The summed E-state index contributed by atoms with van der Waals surface area (Å²) in [6.07, 6.45) is 9.40. The van der Waals surface area contributed by atoms with Crippen LogP contribution in [0.1, 0.15) is 64.4 Å². The Hall–Kier alpha value is -1.26. The normalized spacial score (nSPS) is 50.3. The Morgan fingerprint density at radius 3 is 2.75 bits per heavy atom. The van der Waals surface area contributed by atoms with Crippen molar-refractivity contribution in [1.82, 2.24) is 4.98 Å². The summed E-state index contributed by atoms with van der Waals surface area (Å²) in [6, 6.07) is 4.13. The maximum Gasteiger partial charge on any atom is 0.130 e. The molecule has 8 atom stereocenters. The van der Waals surface area contributed by atoms with Gasteiger partial charge in [-0.2, -0.15) is 0 Å². The van der Waals surface area contributed by atoms with Crippen molar-refractivity contribution < 1.29 is 14.6 Å². The molecule has 3 fully saturated rings. The highest BCUT2D eigenvalue weighted by Crippen LogP contribution is 2.68. The van der Waals surface area contributed by atoms with Crippen molar-refractivity contribution in [2.75, 3.05) is 0 Å². The summed E-state index contributed by atoms with van der Waals surface area (Å²) >= 11 is 0. The fourth-order valence-corrected chi connectivity index (χ4v) is 7.75. The molecule has 0 aliphatic heterocycles. The number of nitrogens with zero attached hydrogens (tertiary/aromatic N) is 1. The lowest BCUT2D eigenvalue weighted by atomic mass is 9.42. The van der Waals surface area contributed by atoms with Crippen LogP contribution in [0.15, 0.2) is 30.6 Å². The van der Waals surface area contributed by atoms with Crippen LogP contribution in [0.5, 0.6) is 0 Å². The molecule has 1 heterocycles. The van der Waals surface area contributed by atoms with Crippen molar-refractivity contribution in [2.45, 2.75) is 76.7 Å². The Balaban J connectivity index is 1.49. The van der Waals surface area contributed by atoms with Crippen molar-refractivity contribution in [3.05, 3.63) is 36.2 Å². The zero-order valence-corrected chi connectivity index (χ0v) is 16.9. The van der Waals surface area contributed by atoms with E-state index in [2.05, 4.69) is 31.0 Å². The van der Waals surface area contributed by atoms with Gasteiger partial charge in [0, 0.05) is 24.2 Å². The van der Waals surface area contributed by atoms with Gasteiger partial charge in [-0.25, -0.2) is 4.39 Å². The molecular formula is C24H32FNO2. The largest absolute Gasteiger partial charge is 0.393 e. The van der Waals surface area contributed by atoms with Gasteiger partial charge in [-0.05, 0) is 78.9 Å². The van der Waals surface area contributed by atoms with E-state index in [0.29, 0.717) is 30.6 Å². The van der Waals surface area contributed by atoms with E-state index in [-0.39, 0.29) is 11.8 Å². The molecule has 0 aromatic carbocycles. The highest BCUT2D eigenvalue weighted by Gasteiger charge is 2.67. The van der Waals surface area contributed by atoms with E-state index in [9.17, 15) is 10.2 Å². The fourth-order valence-electron chi connectivity index (χ4n) is 7.75. The second-order valence-electron chi connectivity index (χ2n) is 10.4. The second-order valence-corrected chi connectivity index (χ2v) is 10.4. The average Bonchev–Trinajstić information content (AvgIpc) is 3.03. The van der Waals surface area contributed by atoms with Crippen molar-refractivity contribution in [3.8, 4) is 0 Å². The number of rotatable bonds is 1. The van der Waals surface area contributed by atoms with Crippen LogP contribution in [0.2, 0.25) is 0 Å². The third-order valence-electron chi connectivity index (χ3n) is 9.34. The number of halogens is 1. The molecular weight excluding hydrogens is 353 g/mol. The standard InChI is InChI=1S/C24H32FNO2/c1-22-9-8-20-17(19(22)6-5-18(22)15-4-3-11-26-14-15)12-21(25)24(28)13-16(27)7-10-23(20,24)2/h3-5,11,14,16-17,19-21,27-28H,6-10,12-13H2,1-2H3/t16-,17-,19-,20-,21?,22+,23?,24+/m0/s1. The molecule has 0 bridgehead atoms. The Bertz CT molecular complexity index is 797. The number of allylic oxidation sites excluding steroid dienone is 2. The lowest BCUT2D eigenvalue weighted by molar-refractivity contribution is -0.246. The fraction of sp³-hybridized carbons (Fsp3) is 0.708. The van der Waals surface area contributed by atoms with Crippen molar-refractivity contribution >= 4 is 5.57 Å². The number of hydrogen-bond acceptors (Lipinski definition) is 3. The minimum Gasteiger partial charge on any atom is -0.393 e. The van der Waals surface area contributed by atoms with Crippen molar-refractivity contribution in [1.29, 1.82) is 0 Å². The van der Waals surface area contributed by atoms with E-state index < -0.39 is 23.3 Å². The first-order valence-corrected chi connectivity index (χ1v) is 11.0. The summed E-state index contributed by atoms with van der Waals surface area (Å²) in [4.78, 5) is 4.32. The SMILES string of the molecule is CC12CC[C@H](O)C[C@@]1(O)C(F)C[C@@H]1[C@@H]2CC[C@]2(C)C(c3cccnc3)=CC[C@@H]12. The highest BCUT2D eigenvalue weighted by molar-refractivity contribution is 5.72. The number of pyridine rings is 1. The van der Waals surface area contributed by atoms with Crippen LogP contribution in [0.4, 0.5) is 4.39 Å². The zero-order valence-electron chi connectivity index (χ0n) is 16.9. The van der Waals surface area contributed by atoms with Gasteiger partial charge in [-0.3, -0.25) is 4.98 Å². The third-order valence-corrected chi connectivity index (χ3v) is 9.34. The molecule has 1 aromatic rings. The van der Waals surface area contributed by atoms with Crippen LogP contribution in [0, 0.1) is 28.6 Å². The van der Waals surface area contributed by atoms with E-state index in [1.807, 2.05) is 18.5 Å². The first kappa shape index (κ1) is 18.7. The van der Waals surface area contributed by atoms with E-state index in [4.69, 9.17) is 0 Å². The van der Waals surface area contributed by atoms with Gasteiger partial charge in [-0.1, -0.05) is 26.0 Å². The molecule has 4 aliphatic rings. The summed E-state index contributed by atoms with van der Waals surface area (Å²) in [6.45, 7) is 4.47. The average molecular weight is 386 g/mol. The zero-order chi connectivity index (χ0) is 19.7. The number of alkyl halides is 1. The topological polar surface area (TPSA) is 53.4 Å². The highest BCUT2D eigenvalue weighted by atomic mass is 19.1. The summed E-state index contributed by atoms with van der Waals surface area (Å²) in [5, 5.41) is 21.6.